The first-order chi connectivity index (χ1) is 11.2. The van der Waals surface area contributed by atoms with Gasteiger partial charge in [0, 0.05) is 28.9 Å². The molecule has 0 fully saturated rings. The SMILES string of the molecule is CCCCC(C(=O)O)c1c(-c2cccnc2)[nH]c2ccccc12. The van der Waals surface area contributed by atoms with E-state index in [-0.39, 0.29) is 0 Å². The van der Waals surface area contributed by atoms with Crippen LogP contribution in [-0.4, -0.2) is 21.0 Å². The van der Waals surface area contributed by atoms with Crippen LogP contribution in [0.1, 0.15) is 37.7 Å². The van der Waals surface area contributed by atoms with Gasteiger partial charge in [-0.15, -0.1) is 0 Å². The van der Waals surface area contributed by atoms with Crippen molar-refractivity contribution < 1.29 is 9.90 Å². The van der Waals surface area contributed by atoms with E-state index in [1.54, 1.807) is 12.4 Å². The average molecular weight is 308 g/mol. The van der Waals surface area contributed by atoms with Crippen molar-refractivity contribution in [2.24, 2.45) is 0 Å². The molecule has 2 heterocycles. The fourth-order valence-corrected chi connectivity index (χ4v) is 3.06. The van der Waals surface area contributed by atoms with E-state index < -0.39 is 11.9 Å². The van der Waals surface area contributed by atoms with Gasteiger partial charge in [-0.3, -0.25) is 9.78 Å². The monoisotopic (exact) mass is 308 g/mol. The highest BCUT2D eigenvalue weighted by Crippen LogP contribution is 2.37. The molecule has 0 aliphatic rings. The van der Waals surface area contributed by atoms with Crippen molar-refractivity contribution in [3.05, 3.63) is 54.4 Å². The smallest absolute Gasteiger partial charge is 0.311 e. The third kappa shape index (κ3) is 2.97. The average Bonchev–Trinajstić information content (AvgIpc) is 2.95. The van der Waals surface area contributed by atoms with Crippen LogP contribution in [0.25, 0.3) is 22.2 Å². The van der Waals surface area contributed by atoms with E-state index in [0.717, 1.165) is 40.6 Å². The Hall–Kier alpha value is -2.62. The van der Waals surface area contributed by atoms with Gasteiger partial charge in [0.2, 0.25) is 0 Å². The van der Waals surface area contributed by atoms with Crippen LogP contribution in [0.4, 0.5) is 0 Å². The van der Waals surface area contributed by atoms with Gasteiger partial charge in [-0.05, 0) is 30.2 Å². The number of aromatic nitrogens is 2. The summed E-state index contributed by atoms with van der Waals surface area (Å²) in [6.45, 7) is 2.08. The van der Waals surface area contributed by atoms with E-state index >= 15 is 0 Å². The number of carbonyl (C=O) groups is 1. The maximum absolute atomic E-state index is 11.9. The molecule has 2 aromatic heterocycles. The summed E-state index contributed by atoms with van der Waals surface area (Å²) in [4.78, 5) is 19.5. The molecule has 0 saturated heterocycles. The number of carboxylic acid groups (broad SMARTS) is 1. The maximum atomic E-state index is 11.9. The van der Waals surface area contributed by atoms with Crippen molar-refractivity contribution in [2.75, 3.05) is 0 Å². The number of hydrogen-bond donors (Lipinski definition) is 2. The molecule has 4 nitrogen and oxygen atoms in total. The van der Waals surface area contributed by atoms with Crippen molar-refractivity contribution in [3.63, 3.8) is 0 Å². The van der Waals surface area contributed by atoms with Crippen molar-refractivity contribution in [3.8, 4) is 11.3 Å². The molecule has 0 radical (unpaired) electrons. The van der Waals surface area contributed by atoms with Gasteiger partial charge in [0.15, 0.2) is 0 Å². The molecule has 1 aromatic carbocycles. The fraction of sp³-hybridized carbons (Fsp3) is 0.263. The van der Waals surface area contributed by atoms with E-state index in [1.165, 1.54) is 0 Å². The van der Waals surface area contributed by atoms with E-state index in [1.807, 2.05) is 36.4 Å². The number of aromatic amines is 1. The van der Waals surface area contributed by atoms with Gasteiger partial charge in [-0.2, -0.15) is 0 Å². The summed E-state index contributed by atoms with van der Waals surface area (Å²) < 4.78 is 0. The third-order valence-corrected chi connectivity index (χ3v) is 4.19. The Balaban J connectivity index is 2.21. The van der Waals surface area contributed by atoms with E-state index in [4.69, 9.17) is 0 Å². The summed E-state index contributed by atoms with van der Waals surface area (Å²) in [5.41, 5.74) is 3.61. The number of benzene rings is 1. The molecular formula is C19H20N2O2. The molecule has 4 heteroatoms. The number of pyridine rings is 1. The number of rotatable bonds is 6. The van der Waals surface area contributed by atoms with Gasteiger partial charge in [-0.1, -0.05) is 38.0 Å². The highest BCUT2D eigenvalue weighted by molar-refractivity contribution is 5.95. The summed E-state index contributed by atoms with van der Waals surface area (Å²) in [6, 6.07) is 11.7. The van der Waals surface area contributed by atoms with Gasteiger partial charge in [-0.25, -0.2) is 0 Å². The molecular weight excluding hydrogens is 288 g/mol. The van der Waals surface area contributed by atoms with Crippen LogP contribution >= 0.6 is 0 Å². The van der Waals surface area contributed by atoms with Crippen LogP contribution in [0.3, 0.4) is 0 Å². The first-order valence-corrected chi connectivity index (χ1v) is 7.96. The highest BCUT2D eigenvalue weighted by atomic mass is 16.4. The number of nitrogens with one attached hydrogen (secondary N) is 1. The van der Waals surface area contributed by atoms with Gasteiger partial charge in [0.05, 0.1) is 11.6 Å². The Labute approximate surface area is 135 Å². The number of hydrogen-bond acceptors (Lipinski definition) is 2. The molecule has 0 aliphatic carbocycles. The van der Waals surface area contributed by atoms with Gasteiger partial charge in [0.1, 0.15) is 0 Å². The lowest BCUT2D eigenvalue weighted by molar-refractivity contribution is -0.138. The van der Waals surface area contributed by atoms with Crippen LogP contribution in [0.15, 0.2) is 48.8 Å². The summed E-state index contributed by atoms with van der Waals surface area (Å²) in [5.74, 6) is -1.28. The van der Waals surface area contributed by atoms with Crippen molar-refractivity contribution in [1.82, 2.24) is 9.97 Å². The quantitative estimate of drug-likeness (QED) is 0.700. The summed E-state index contributed by atoms with van der Waals surface area (Å²) in [5, 5.41) is 10.8. The summed E-state index contributed by atoms with van der Waals surface area (Å²) in [7, 11) is 0. The Morgan fingerprint density at radius 3 is 2.78 bits per heavy atom. The Morgan fingerprint density at radius 2 is 2.09 bits per heavy atom. The summed E-state index contributed by atoms with van der Waals surface area (Å²) in [6.07, 6.45) is 6.00. The number of carboxylic acids is 1. The summed E-state index contributed by atoms with van der Waals surface area (Å²) >= 11 is 0. The molecule has 0 spiro atoms. The van der Waals surface area contributed by atoms with Crippen LogP contribution < -0.4 is 0 Å². The second kappa shape index (κ2) is 6.65. The molecule has 1 unspecified atom stereocenters. The first-order valence-electron chi connectivity index (χ1n) is 7.96. The largest absolute Gasteiger partial charge is 0.481 e. The zero-order chi connectivity index (χ0) is 16.2. The molecule has 23 heavy (non-hydrogen) atoms. The molecule has 1 atom stereocenters. The number of H-pyrrole nitrogens is 1. The van der Waals surface area contributed by atoms with E-state index in [0.29, 0.717) is 6.42 Å². The molecule has 0 aliphatic heterocycles. The Bertz CT molecular complexity index is 809. The normalized spacial score (nSPS) is 12.4. The molecule has 2 N–H and O–H groups in total. The standard InChI is InChI=1S/C19H20N2O2/c1-2-3-8-15(19(22)23)17-14-9-4-5-10-16(14)21-18(17)13-7-6-11-20-12-13/h4-7,9-12,15,21H,2-3,8H2,1H3,(H,22,23). The molecule has 0 amide bonds. The van der Waals surface area contributed by atoms with Crippen LogP contribution in [0, 0.1) is 0 Å². The number of para-hydroxylation sites is 1. The van der Waals surface area contributed by atoms with Crippen LogP contribution in [-0.2, 0) is 4.79 Å². The lowest BCUT2D eigenvalue weighted by atomic mass is 9.89. The minimum atomic E-state index is -0.770. The topological polar surface area (TPSA) is 66.0 Å². The first kappa shape index (κ1) is 15.3. The van der Waals surface area contributed by atoms with Gasteiger partial charge in [0.25, 0.3) is 0 Å². The fourth-order valence-electron chi connectivity index (χ4n) is 3.06. The number of fused-ring (bicyclic) bond motifs is 1. The molecule has 0 bridgehead atoms. The van der Waals surface area contributed by atoms with Crippen molar-refractivity contribution in [2.45, 2.75) is 32.1 Å². The predicted molar refractivity (Wildman–Crippen MR) is 91.4 cm³/mol. The van der Waals surface area contributed by atoms with E-state index in [2.05, 4.69) is 16.9 Å². The maximum Gasteiger partial charge on any atom is 0.311 e. The van der Waals surface area contributed by atoms with Crippen LogP contribution in [0.2, 0.25) is 0 Å². The lowest BCUT2D eigenvalue weighted by Crippen LogP contribution is -2.12. The van der Waals surface area contributed by atoms with Crippen molar-refractivity contribution in [1.29, 1.82) is 0 Å². The predicted octanol–water partition coefficient (Wildman–Crippen LogP) is 4.59. The second-order valence-electron chi connectivity index (χ2n) is 5.73. The highest BCUT2D eigenvalue weighted by Gasteiger charge is 2.26. The van der Waals surface area contributed by atoms with Crippen LogP contribution in [0.5, 0.6) is 0 Å². The zero-order valence-electron chi connectivity index (χ0n) is 13.1. The molecule has 118 valence electrons. The Morgan fingerprint density at radius 1 is 1.26 bits per heavy atom. The second-order valence-corrected chi connectivity index (χ2v) is 5.73. The minimum absolute atomic E-state index is 0.513. The number of nitrogens with zero attached hydrogens (tertiary/aromatic N) is 1. The number of aliphatic carboxylic acids is 1. The lowest BCUT2D eigenvalue weighted by Gasteiger charge is -2.14. The zero-order valence-corrected chi connectivity index (χ0v) is 13.1. The van der Waals surface area contributed by atoms with E-state index in [9.17, 15) is 9.90 Å². The molecule has 0 saturated carbocycles. The number of unbranched alkanes of at least 4 members (excludes halogenated alkanes) is 1. The van der Waals surface area contributed by atoms with Gasteiger partial charge < -0.3 is 10.1 Å². The third-order valence-electron chi connectivity index (χ3n) is 4.19. The van der Waals surface area contributed by atoms with Gasteiger partial charge >= 0.3 is 5.97 Å². The molecule has 3 rings (SSSR count). The van der Waals surface area contributed by atoms with Crippen molar-refractivity contribution >= 4 is 16.9 Å². The molecule has 3 aromatic rings. The minimum Gasteiger partial charge on any atom is -0.481 e. The Kier molecular flexibility index (Phi) is 4.42.